The third kappa shape index (κ3) is 5.94. The molecule has 1 heterocycles. The fourth-order valence-corrected chi connectivity index (χ4v) is 3.69. The topological polar surface area (TPSA) is 77.5 Å². The molecule has 146 valence electrons. The minimum absolute atomic E-state index is 0.121. The van der Waals surface area contributed by atoms with Crippen molar-refractivity contribution < 1.29 is 18.5 Å². The third-order valence-corrected chi connectivity index (χ3v) is 5.22. The van der Waals surface area contributed by atoms with Crippen LogP contribution in [0.1, 0.15) is 43.5 Å². The number of benzene rings is 1. The van der Waals surface area contributed by atoms with Crippen molar-refractivity contribution in [3.63, 3.8) is 0 Å². The Morgan fingerprint density at radius 2 is 2.07 bits per heavy atom. The Morgan fingerprint density at radius 1 is 1.30 bits per heavy atom. The fraction of sp³-hybridized carbons (Fsp3) is 0.368. The Labute approximate surface area is 166 Å². The zero-order valence-electron chi connectivity index (χ0n) is 15.5. The van der Waals surface area contributed by atoms with Gasteiger partial charge < -0.3 is 9.47 Å². The molecule has 1 aromatic carbocycles. The van der Waals surface area contributed by atoms with Gasteiger partial charge >= 0.3 is 5.97 Å². The summed E-state index contributed by atoms with van der Waals surface area (Å²) in [6.07, 6.45) is 5.29. The molecule has 0 aliphatic rings. The molecule has 1 aromatic heterocycles. The molecule has 0 fully saturated rings. The van der Waals surface area contributed by atoms with Crippen molar-refractivity contribution in [1.29, 1.82) is 0 Å². The summed E-state index contributed by atoms with van der Waals surface area (Å²) in [7, 11) is -0.156. The van der Waals surface area contributed by atoms with Gasteiger partial charge in [0.05, 0.1) is 24.6 Å². The molecule has 2 atom stereocenters. The van der Waals surface area contributed by atoms with Crippen LogP contribution in [-0.4, -0.2) is 28.4 Å². The van der Waals surface area contributed by atoms with E-state index in [1.165, 1.54) is 19.5 Å². The minimum atomic E-state index is -1.64. The van der Waals surface area contributed by atoms with E-state index in [1.807, 2.05) is 13.8 Å². The molecule has 2 unspecified atom stereocenters. The summed E-state index contributed by atoms with van der Waals surface area (Å²) in [6.45, 7) is 4.02. The number of pyridine rings is 1. The fourth-order valence-electron chi connectivity index (χ4n) is 2.45. The molecule has 1 N–H and O–H groups in total. The first kappa shape index (κ1) is 21.2. The number of rotatable bonds is 9. The molecule has 0 bridgehead atoms. The van der Waals surface area contributed by atoms with Crippen LogP contribution in [0, 0.1) is 0 Å². The summed E-state index contributed by atoms with van der Waals surface area (Å²) in [4.78, 5) is 16.8. The second-order valence-electron chi connectivity index (χ2n) is 5.85. The van der Waals surface area contributed by atoms with E-state index in [1.54, 1.807) is 24.3 Å². The largest absolute Gasteiger partial charge is 0.495 e. The number of hydrogen-bond acceptors (Lipinski definition) is 5. The molecule has 0 spiro atoms. The summed E-state index contributed by atoms with van der Waals surface area (Å²) in [5.41, 5.74) is 0.720. The lowest BCUT2D eigenvalue weighted by molar-refractivity contribution is 0.0271. The van der Waals surface area contributed by atoms with Crippen molar-refractivity contribution >= 4 is 34.2 Å². The molecule has 2 aromatic rings. The summed E-state index contributed by atoms with van der Waals surface area (Å²) < 4.78 is 26.2. The van der Waals surface area contributed by atoms with Crippen molar-refractivity contribution in [3.8, 4) is 5.75 Å². The van der Waals surface area contributed by atoms with Crippen molar-refractivity contribution in [2.45, 2.75) is 44.1 Å². The summed E-state index contributed by atoms with van der Waals surface area (Å²) in [5, 5.41) is 0.443. The average Bonchev–Trinajstić information content (AvgIpc) is 2.67. The number of halogens is 1. The molecule has 2 rings (SSSR count). The molecule has 0 saturated heterocycles. The number of esters is 1. The molecule has 0 aliphatic carbocycles. The lowest BCUT2D eigenvalue weighted by Crippen LogP contribution is -2.17. The Morgan fingerprint density at radius 3 is 2.74 bits per heavy atom. The lowest BCUT2D eigenvalue weighted by Gasteiger charge is -2.15. The molecular formula is C19H23ClN2O4S. The minimum Gasteiger partial charge on any atom is -0.495 e. The van der Waals surface area contributed by atoms with Gasteiger partial charge in [0, 0.05) is 11.2 Å². The highest BCUT2D eigenvalue weighted by molar-refractivity contribution is 7.86. The highest BCUT2D eigenvalue weighted by atomic mass is 35.5. The van der Waals surface area contributed by atoms with E-state index in [4.69, 9.17) is 21.1 Å². The summed E-state index contributed by atoms with van der Waals surface area (Å²) >= 11 is 5.98. The van der Waals surface area contributed by atoms with E-state index in [-0.39, 0.29) is 6.10 Å². The highest BCUT2D eigenvalue weighted by Gasteiger charge is 2.16. The molecule has 0 aliphatic heterocycles. The van der Waals surface area contributed by atoms with Gasteiger partial charge in [0.25, 0.3) is 0 Å². The number of carbonyl (C=O) groups excluding carboxylic acids is 1. The zero-order valence-corrected chi connectivity index (χ0v) is 17.1. The van der Waals surface area contributed by atoms with Crippen molar-refractivity contribution in [2.75, 3.05) is 11.8 Å². The monoisotopic (exact) mass is 410 g/mol. The predicted molar refractivity (Wildman–Crippen MR) is 107 cm³/mol. The van der Waals surface area contributed by atoms with Gasteiger partial charge in [-0.15, -0.1) is 0 Å². The number of nitrogens with zero attached hydrogens (tertiary/aromatic N) is 1. The predicted octanol–water partition coefficient (Wildman–Crippen LogP) is 4.61. The second-order valence-corrected chi connectivity index (χ2v) is 7.47. The van der Waals surface area contributed by atoms with E-state index < -0.39 is 17.0 Å². The average molecular weight is 411 g/mol. The number of methoxy groups -OCH3 is 1. The first-order valence-electron chi connectivity index (χ1n) is 8.66. The van der Waals surface area contributed by atoms with Crippen LogP contribution in [0.3, 0.4) is 0 Å². The van der Waals surface area contributed by atoms with Gasteiger partial charge in [-0.2, -0.15) is 0 Å². The van der Waals surface area contributed by atoms with Crippen LogP contribution in [0.15, 0.2) is 41.6 Å². The summed E-state index contributed by atoms with van der Waals surface area (Å²) in [6, 6.07) is 6.41. The smallest absolute Gasteiger partial charge is 0.340 e. The number of hydrogen-bond donors (Lipinski definition) is 1. The number of ether oxygens (including phenoxy) is 2. The van der Waals surface area contributed by atoms with E-state index in [2.05, 4.69) is 9.71 Å². The maximum atomic E-state index is 12.7. The maximum absolute atomic E-state index is 12.7. The highest BCUT2D eigenvalue weighted by Crippen LogP contribution is 2.26. The van der Waals surface area contributed by atoms with E-state index >= 15 is 0 Å². The summed E-state index contributed by atoms with van der Waals surface area (Å²) in [5.74, 6) is -0.00308. The van der Waals surface area contributed by atoms with Crippen LogP contribution in [0.4, 0.5) is 5.69 Å². The van der Waals surface area contributed by atoms with Crippen LogP contribution >= 0.6 is 11.6 Å². The maximum Gasteiger partial charge on any atom is 0.340 e. The SMILES string of the molecule is CCCC(CC)OC(=O)c1cncc(NS(=O)c2cc(Cl)ccc2OC)c1. The van der Waals surface area contributed by atoms with Gasteiger partial charge in [-0.1, -0.05) is 31.9 Å². The molecule has 0 saturated carbocycles. The van der Waals surface area contributed by atoms with Gasteiger partial charge in [-0.25, -0.2) is 9.00 Å². The molecule has 6 nitrogen and oxygen atoms in total. The Bertz CT molecular complexity index is 816. The second kappa shape index (κ2) is 10.3. The van der Waals surface area contributed by atoms with Gasteiger partial charge in [-0.3, -0.25) is 9.71 Å². The first-order valence-corrected chi connectivity index (χ1v) is 10.2. The van der Waals surface area contributed by atoms with E-state index in [9.17, 15) is 9.00 Å². The molecule has 27 heavy (non-hydrogen) atoms. The standard InChI is InChI=1S/C19H23ClN2O4S/c1-4-6-16(5-2)26-19(23)13-9-15(12-21-11-13)22-27(24)18-10-14(20)7-8-17(18)25-3/h7-12,16,22H,4-6H2,1-3H3. The number of carbonyl (C=O) groups is 1. The van der Waals surface area contributed by atoms with Crippen molar-refractivity contribution in [2.24, 2.45) is 0 Å². The Hall–Kier alpha value is -2.12. The molecular weight excluding hydrogens is 388 g/mol. The Balaban J connectivity index is 2.14. The van der Waals surface area contributed by atoms with Crippen LogP contribution in [0.5, 0.6) is 5.75 Å². The number of nitrogens with one attached hydrogen (secondary N) is 1. The van der Waals surface area contributed by atoms with Gasteiger partial charge in [0.15, 0.2) is 11.0 Å². The lowest BCUT2D eigenvalue weighted by atomic mass is 10.1. The van der Waals surface area contributed by atoms with Gasteiger partial charge in [0.1, 0.15) is 16.7 Å². The normalized spacial score (nSPS) is 12.9. The van der Waals surface area contributed by atoms with Crippen molar-refractivity contribution in [1.82, 2.24) is 4.98 Å². The first-order chi connectivity index (χ1) is 13.0. The zero-order chi connectivity index (χ0) is 19.8. The van der Waals surface area contributed by atoms with E-state index in [0.717, 1.165) is 19.3 Å². The molecule has 0 amide bonds. The van der Waals surface area contributed by atoms with Crippen LogP contribution in [-0.2, 0) is 15.7 Å². The van der Waals surface area contributed by atoms with Gasteiger partial charge in [-0.05, 0) is 37.1 Å². The molecule has 0 radical (unpaired) electrons. The van der Waals surface area contributed by atoms with Crippen LogP contribution in [0.25, 0.3) is 0 Å². The van der Waals surface area contributed by atoms with Crippen molar-refractivity contribution in [3.05, 3.63) is 47.2 Å². The van der Waals surface area contributed by atoms with Crippen LogP contribution < -0.4 is 9.46 Å². The van der Waals surface area contributed by atoms with Crippen LogP contribution in [0.2, 0.25) is 5.02 Å². The Kier molecular flexibility index (Phi) is 8.06. The van der Waals surface area contributed by atoms with Gasteiger partial charge in [0.2, 0.25) is 0 Å². The number of anilines is 1. The third-order valence-electron chi connectivity index (χ3n) is 3.85. The quantitative estimate of drug-likeness (QED) is 0.610. The number of aromatic nitrogens is 1. The molecule has 8 heteroatoms. The van der Waals surface area contributed by atoms with E-state index in [0.29, 0.717) is 26.9 Å².